The molecule has 0 aromatic carbocycles. The minimum Gasteiger partial charge on any atom is -0.347 e. The summed E-state index contributed by atoms with van der Waals surface area (Å²) >= 11 is 1.53. The number of rotatable bonds is 4. The second kappa shape index (κ2) is 5.78. The van der Waals surface area contributed by atoms with E-state index >= 15 is 0 Å². The van der Waals surface area contributed by atoms with Crippen molar-refractivity contribution in [1.29, 1.82) is 0 Å². The Morgan fingerprint density at radius 1 is 1.53 bits per heavy atom. The SMILES string of the molecule is Cc1nsc(N2CCCC(CNC(C)C)C2)n1. The van der Waals surface area contributed by atoms with Crippen LogP contribution in [0.2, 0.25) is 0 Å². The van der Waals surface area contributed by atoms with Crippen LogP contribution in [0.15, 0.2) is 0 Å². The molecule has 2 rings (SSSR count). The summed E-state index contributed by atoms with van der Waals surface area (Å²) in [5.41, 5.74) is 0. The highest BCUT2D eigenvalue weighted by molar-refractivity contribution is 7.09. The molecule has 1 aromatic heterocycles. The zero-order chi connectivity index (χ0) is 12.3. The van der Waals surface area contributed by atoms with E-state index in [-0.39, 0.29) is 0 Å². The van der Waals surface area contributed by atoms with Crippen molar-refractivity contribution in [3.05, 3.63) is 5.82 Å². The normalized spacial score (nSPS) is 21.2. The fourth-order valence-electron chi connectivity index (χ4n) is 2.22. The molecule has 1 aliphatic heterocycles. The number of nitrogens with one attached hydrogen (secondary N) is 1. The third-order valence-corrected chi connectivity index (χ3v) is 3.99. The summed E-state index contributed by atoms with van der Waals surface area (Å²) < 4.78 is 4.26. The van der Waals surface area contributed by atoms with Crippen molar-refractivity contribution < 1.29 is 0 Å². The summed E-state index contributed by atoms with van der Waals surface area (Å²) in [6.45, 7) is 9.73. The third-order valence-electron chi connectivity index (χ3n) is 3.12. The van der Waals surface area contributed by atoms with Gasteiger partial charge in [-0.25, -0.2) is 4.98 Å². The first-order valence-corrected chi connectivity index (χ1v) is 7.21. The van der Waals surface area contributed by atoms with E-state index in [2.05, 4.69) is 33.4 Å². The zero-order valence-corrected chi connectivity index (χ0v) is 11.8. The molecule has 1 unspecified atom stereocenters. The van der Waals surface area contributed by atoms with E-state index in [1.165, 1.54) is 24.4 Å². The van der Waals surface area contributed by atoms with Gasteiger partial charge in [-0.2, -0.15) is 4.37 Å². The van der Waals surface area contributed by atoms with Crippen molar-refractivity contribution in [2.24, 2.45) is 5.92 Å². The van der Waals surface area contributed by atoms with E-state index in [0.29, 0.717) is 6.04 Å². The van der Waals surface area contributed by atoms with Crippen LogP contribution in [-0.4, -0.2) is 35.0 Å². The predicted octanol–water partition coefficient (Wildman–Crippen LogP) is 2.06. The van der Waals surface area contributed by atoms with Gasteiger partial charge in [0, 0.05) is 30.7 Å². The molecule has 0 spiro atoms. The number of nitrogens with zero attached hydrogens (tertiary/aromatic N) is 3. The molecule has 5 heteroatoms. The van der Waals surface area contributed by atoms with Crippen molar-refractivity contribution in [2.75, 3.05) is 24.5 Å². The Morgan fingerprint density at radius 2 is 2.35 bits per heavy atom. The van der Waals surface area contributed by atoms with E-state index < -0.39 is 0 Å². The maximum absolute atomic E-state index is 4.48. The molecule has 0 amide bonds. The van der Waals surface area contributed by atoms with Crippen LogP contribution in [-0.2, 0) is 0 Å². The van der Waals surface area contributed by atoms with Gasteiger partial charge >= 0.3 is 0 Å². The first kappa shape index (κ1) is 12.8. The molecule has 0 saturated carbocycles. The average molecular weight is 254 g/mol. The summed E-state index contributed by atoms with van der Waals surface area (Å²) in [6.07, 6.45) is 2.59. The lowest BCUT2D eigenvalue weighted by Gasteiger charge is -2.32. The molecule has 17 heavy (non-hydrogen) atoms. The molecule has 1 fully saturated rings. The van der Waals surface area contributed by atoms with Crippen LogP contribution >= 0.6 is 11.5 Å². The average Bonchev–Trinajstić information content (AvgIpc) is 2.74. The lowest BCUT2D eigenvalue weighted by molar-refractivity contribution is 0.379. The minimum absolute atomic E-state index is 0.578. The number of hydrogen-bond acceptors (Lipinski definition) is 5. The summed E-state index contributed by atoms with van der Waals surface area (Å²) in [4.78, 5) is 6.87. The molecule has 1 aromatic rings. The molecule has 2 heterocycles. The van der Waals surface area contributed by atoms with Gasteiger partial charge in [0.15, 0.2) is 0 Å². The molecule has 1 atom stereocenters. The van der Waals surface area contributed by atoms with Gasteiger partial charge in [-0.3, -0.25) is 0 Å². The molecule has 0 bridgehead atoms. The van der Waals surface area contributed by atoms with E-state index in [9.17, 15) is 0 Å². The number of piperidine rings is 1. The number of aromatic nitrogens is 2. The molecule has 96 valence electrons. The Hall–Kier alpha value is -0.680. The van der Waals surface area contributed by atoms with E-state index in [4.69, 9.17) is 0 Å². The number of aryl methyl sites for hydroxylation is 1. The zero-order valence-electron chi connectivity index (χ0n) is 10.9. The Morgan fingerprint density at radius 3 is 3.00 bits per heavy atom. The molecular formula is C12H22N4S. The smallest absolute Gasteiger partial charge is 0.205 e. The van der Waals surface area contributed by atoms with Crippen molar-refractivity contribution in [2.45, 2.75) is 39.7 Å². The van der Waals surface area contributed by atoms with E-state index in [0.717, 1.165) is 36.5 Å². The largest absolute Gasteiger partial charge is 0.347 e. The Kier molecular flexibility index (Phi) is 4.34. The summed E-state index contributed by atoms with van der Waals surface area (Å²) in [5.74, 6) is 1.64. The Labute approximate surface area is 108 Å². The summed E-state index contributed by atoms with van der Waals surface area (Å²) in [7, 11) is 0. The molecule has 1 saturated heterocycles. The van der Waals surface area contributed by atoms with Crippen molar-refractivity contribution in [3.8, 4) is 0 Å². The van der Waals surface area contributed by atoms with E-state index in [1.54, 1.807) is 0 Å². The van der Waals surface area contributed by atoms with Crippen LogP contribution in [0.5, 0.6) is 0 Å². The Balaban J connectivity index is 1.88. The number of hydrogen-bond donors (Lipinski definition) is 1. The quantitative estimate of drug-likeness (QED) is 0.893. The van der Waals surface area contributed by atoms with Crippen molar-refractivity contribution in [3.63, 3.8) is 0 Å². The van der Waals surface area contributed by atoms with Gasteiger partial charge in [0.05, 0.1) is 0 Å². The van der Waals surface area contributed by atoms with Crippen molar-refractivity contribution in [1.82, 2.24) is 14.7 Å². The minimum atomic E-state index is 0.578. The standard InChI is InChI=1S/C12H22N4S/c1-9(2)13-7-11-5-4-6-16(8-11)12-14-10(3)15-17-12/h9,11,13H,4-8H2,1-3H3. The fraction of sp³-hybridized carbons (Fsp3) is 0.833. The lowest BCUT2D eigenvalue weighted by Crippen LogP contribution is -2.41. The molecule has 1 N–H and O–H groups in total. The highest BCUT2D eigenvalue weighted by Gasteiger charge is 2.22. The van der Waals surface area contributed by atoms with Gasteiger partial charge in [-0.15, -0.1) is 0 Å². The lowest BCUT2D eigenvalue weighted by atomic mass is 9.98. The van der Waals surface area contributed by atoms with Crippen LogP contribution in [0, 0.1) is 12.8 Å². The van der Waals surface area contributed by atoms with Crippen LogP contribution in [0.1, 0.15) is 32.5 Å². The summed E-state index contributed by atoms with van der Waals surface area (Å²) in [5, 5.41) is 4.63. The maximum atomic E-state index is 4.48. The van der Waals surface area contributed by atoms with Crippen LogP contribution < -0.4 is 10.2 Å². The van der Waals surface area contributed by atoms with Gasteiger partial charge in [-0.1, -0.05) is 13.8 Å². The second-order valence-electron chi connectivity index (χ2n) is 5.14. The van der Waals surface area contributed by atoms with Gasteiger partial charge in [0.2, 0.25) is 5.13 Å². The van der Waals surface area contributed by atoms with Crippen LogP contribution in [0.4, 0.5) is 5.13 Å². The van der Waals surface area contributed by atoms with Crippen LogP contribution in [0.3, 0.4) is 0 Å². The topological polar surface area (TPSA) is 41.1 Å². The van der Waals surface area contributed by atoms with Crippen molar-refractivity contribution >= 4 is 16.7 Å². The molecular weight excluding hydrogens is 232 g/mol. The Bertz CT molecular complexity index is 350. The fourth-order valence-corrected chi connectivity index (χ4v) is 2.93. The van der Waals surface area contributed by atoms with Gasteiger partial charge in [0.1, 0.15) is 5.82 Å². The molecule has 1 aliphatic rings. The first-order valence-electron chi connectivity index (χ1n) is 6.44. The first-order chi connectivity index (χ1) is 8.15. The number of anilines is 1. The molecule has 4 nitrogen and oxygen atoms in total. The summed E-state index contributed by atoms with van der Waals surface area (Å²) in [6, 6.07) is 0.578. The van der Waals surface area contributed by atoms with Gasteiger partial charge in [0.25, 0.3) is 0 Å². The molecule has 0 radical (unpaired) electrons. The van der Waals surface area contributed by atoms with Gasteiger partial charge in [-0.05, 0) is 32.2 Å². The molecule has 0 aliphatic carbocycles. The predicted molar refractivity (Wildman–Crippen MR) is 72.7 cm³/mol. The third kappa shape index (κ3) is 3.64. The monoisotopic (exact) mass is 254 g/mol. The van der Waals surface area contributed by atoms with E-state index in [1.807, 2.05) is 6.92 Å². The maximum Gasteiger partial charge on any atom is 0.205 e. The van der Waals surface area contributed by atoms with Gasteiger partial charge < -0.3 is 10.2 Å². The second-order valence-corrected chi connectivity index (χ2v) is 5.87. The highest BCUT2D eigenvalue weighted by Crippen LogP contribution is 2.24. The highest BCUT2D eigenvalue weighted by atomic mass is 32.1. The van der Waals surface area contributed by atoms with Crippen LogP contribution in [0.25, 0.3) is 0 Å².